The van der Waals surface area contributed by atoms with Crippen molar-refractivity contribution in [3.63, 3.8) is 0 Å². The Morgan fingerprint density at radius 2 is 1.87 bits per heavy atom. The fourth-order valence-electron chi connectivity index (χ4n) is 2.46. The van der Waals surface area contributed by atoms with Gasteiger partial charge in [-0.2, -0.15) is 0 Å². The van der Waals surface area contributed by atoms with Crippen LogP contribution in [0.4, 0.5) is 0 Å². The molecule has 0 saturated carbocycles. The van der Waals surface area contributed by atoms with Gasteiger partial charge in [0.05, 0.1) is 21.5 Å². The monoisotopic (exact) mass is 392 g/mol. The van der Waals surface area contributed by atoms with Crippen molar-refractivity contribution in [3.05, 3.63) is 55.7 Å². The highest BCUT2D eigenvalue weighted by atomic mass is 79.9. The first-order valence-electron chi connectivity index (χ1n) is 6.84. The van der Waals surface area contributed by atoms with Crippen molar-refractivity contribution in [2.75, 3.05) is 14.1 Å². The van der Waals surface area contributed by atoms with Gasteiger partial charge in [-0.3, -0.25) is 19.3 Å². The van der Waals surface area contributed by atoms with Crippen molar-refractivity contribution >= 4 is 45.0 Å². The summed E-state index contributed by atoms with van der Waals surface area (Å²) in [7, 11) is 3.15. The third kappa shape index (κ3) is 2.82. The number of amides is 3. The molecule has 1 aromatic carbocycles. The molecular weight excluding hydrogens is 380 g/mol. The summed E-state index contributed by atoms with van der Waals surface area (Å²) in [6, 6.07) is 8.53. The number of hydrogen-bond donors (Lipinski definition) is 0. The van der Waals surface area contributed by atoms with E-state index in [-0.39, 0.29) is 23.3 Å². The van der Waals surface area contributed by atoms with Crippen molar-refractivity contribution < 1.29 is 14.4 Å². The third-order valence-electron chi connectivity index (χ3n) is 3.71. The Labute approximate surface area is 145 Å². The van der Waals surface area contributed by atoms with E-state index in [0.29, 0.717) is 17.7 Å². The predicted molar refractivity (Wildman–Crippen MR) is 90.7 cm³/mol. The number of nitrogens with zero attached hydrogens (tertiary/aromatic N) is 2. The van der Waals surface area contributed by atoms with Crippen LogP contribution in [0.2, 0.25) is 0 Å². The van der Waals surface area contributed by atoms with Crippen LogP contribution in [0.1, 0.15) is 36.0 Å². The van der Waals surface area contributed by atoms with Crippen LogP contribution in [-0.2, 0) is 6.54 Å². The van der Waals surface area contributed by atoms with Gasteiger partial charge in [-0.25, -0.2) is 0 Å². The van der Waals surface area contributed by atoms with E-state index in [1.807, 2.05) is 12.1 Å². The van der Waals surface area contributed by atoms with Crippen LogP contribution in [0, 0.1) is 0 Å². The summed E-state index contributed by atoms with van der Waals surface area (Å²) in [4.78, 5) is 40.1. The highest BCUT2D eigenvalue weighted by molar-refractivity contribution is 9.11. The Hall–Kier alpha value is -1.99. The van der Waals surface area contributed by atoms with Crippen LogP contribution < -0.4 is 0 Å². The Morgan fingerprint density at radius 1 is 1.17 bits per heavy atom. The molecule has 1 aromatic heterocycles. The molecule has 5 nitrogen and oxygen atoms in total. The molecule has 0 atom stereocenters. The molecule has 0 unspecified atom stereocenters. The molecule has 0 N–H and O–H groups in total. The van der Waals surface area contributed by atoms with E-state index in [1.54, 1.807) is 35.4 Å². The molecule has 0 spiro atoms. The molecule has 7 heteroatoms. The van der Waals surface area contributed by atoms with Gasteiger partial charge in [0.1, 0.15) is 0 Å². The zero-order valence-corrected chi connectivity index (χ0v) is 14.9. The Kier molecular flexibility index (Phi) is 4.08. The van der Waals surface area contributed by atoms with E-state index >= 15 is 0 Å². The molecule has 2 heterocycles. The quantitative estimate of drug-likeness (QED) is 0.754. The first-order chi connectivity index (χ1) is 10.9. The van der Waals surface area contributed by atoms with Crippen LogP contribution in [0.15, 0.2) is 34.1 Å². The van der Waals surface area contributed by atoms with Gasteiger partial charge in [0.2, 0.25) is 0 Å². The third-order valence-corrected chi connectivity index (χ3v) is 5.31. The maximum Gasteiger partial charge on any atom is 0.261 e. The van der Waals surface area contributed by atoms with Crippen LogP contribution >= 0.6 is 27.3 Å². The summed E-state index contributed by atoms with van der Waals surface area (Å²) in [5.41, 5.74) is 1.04. The summed E-state index contributed by atoms with van der Waals surface area (Å²) in [6.07, 6.45) is 0. The highest BCUT2D eigenvalue weighted by Crippen LogP contribution is 2.25. The van der Waals surface area contributed by atoms with Crippen molar-refractivity contribution in [1.29, 1.82) is 0 Å². The summed E-state index contributed by atoms with van der Waals surface area (Å²) >= 11 is 4.96. The van der Waals surface area contributed by atoms with Gasteiger partial charge in [0.25, 0.3) is 17.7 Å². The molecule has 3 rings (SSSR count). The Bertz CT molecular complexity index is 830. The molecule has 2 aromatic rings. The fraction of sp³-hybridized carbons (Fsp3) is 0.188. The van der Waals surface area contributed by atoms with Gasteiger partial charge in [-0.15, -0.1) is 11.3 Å². The van der Waals surface area contributed by atoms with Crippen molar-refractivity contribution in [2.45, 2.75) is 6.54 Å². The standard InChI is InChI=1S/C16H13BrN2O3S/c1-18(8-10-4-6-13(17)23-10)14(20)9-3-5-11-12(7-9)16(22)19(2)15(11)21/h3-7H,8H2,1-2H3. The molecular formula is C16H13BrN2O3S. The summed E-state index contributed by atoms with van der Waals surface area (Å²) in [6.45, 7) is 0.485. The van der Waals surface area contributed by atoms with Gasteiger partial charge < -0.3 is 4.90 Å². The molecule has 0 saturated heterocycles. The minimum atomic E-state index is -0.371. The number of thiophene rings is 1. The molecule has 0 bridgehead atoms. The van der Waals surface area contributed by atoms with Crippen LogP contribution in [0.3, 0.4) is 0 Å². The molecule has 118 valence electrons. The minimum absolute atomic E-state index is 0.188. The Balaban J connectivity index is 1.83. The number of imide groups is 1. The Morgan fingerprint density at radius 3 is 2.52 bits per heavy atom. The summed E-state index contributed by atoms with van der Waals surface area (Å²) in [5.74, 6) is -0.891. The van der Waals surface area contributed by atoms with Gasteiger partial charge in [-0.05, 0) is 46.3 Å². The maximum absolute atomic E-state index is 12.5. The molecule has 3 amide bonds. The molecule has 0 aliphatic carbocycles. The van der Waals surface area contributed by atoms with Crippen molar-refractivity contribution in [3.8, 4) is 0 Å². The second-order valence-electron chi connectivity index (χ2n) is 5.30. The number of carbonyl (C=O) groups excluding carboxylic acids is 3. The van der Waals surface area contributed by atoms with E-state index in [2.05, 4.69) is 15.9 Å². The van der Waals surface area contributed by atoms with E-state index in [0.717, 1.165) is 13.6 Å². The SMILES string of the molecule is CN(Cc1ccc(Br)s1)C(=O)c1ccc2c(c1)C(=O)N(C)C2=O. The lowest BCUT2D eigenvalue weighted by Crippen LogP contribution is -2.26. The zero-order valence-electron chi connectivity index (χ0n) is 12.5. The minimum Gasteiger partial charge on any atom is -0.337 e. The van der Waals surface area contributed by atoms with Crippen molar-refractivity contribution in [2.24, 2.45) is 0 Å². The number of rotatable bonds is 3. The van der Waals surface area contributed by atoms with E-state index < -0.39 is 0 Å². The van der Waals surface area contributed by atoms with E-state index in [9.17, 15) is 14.4 Å². The second kappa shape index (κ2) is 5.90. The average molecular weight is 393 g/mol. The molecule has 0 fully saturated rings. The molecule has 0 radical (unpaired) electrons. The number of benzene rings is 1. The predicted octanol–water partition coefficient (Wildman–Crippen LogP) is 3.01. The maximum atomic E-state index is 12.5. The normalized spacial score (nSPS) is 13.4. The lowest BCUT2D eigenvalue weighted by atomic mass is 10.0. The van der Waals surface area contributed by atoms with Crippen LogP contribution in [0.25, 0.3) is 0 Å². The largest absolute Gasteiger partial charge is 0.337 e. The van der Waals surface area contributed by atoms with Crippen LogP contribution in [-0.4, -0.2) is 41.6 Å². The van der Waals surface area contributed by atoms with Gasteiger partial charge in [0.15, 0.2) is 0 Å². The summed E-state index contributed by atoms with van der Waals surface area (Å²) < 4.78 is 1.01. The van der Waals surface area contributed by atoms with Crippen LogP contribution in [0.5, 0.6) is 0 Å². The van der Waals surface area contributed by atoms with E-state index in [1.165, 1.54) is 13.1 Å². The number of halogens is 1. The highest BCUT2D eigenvalue weighted by Gasteiger charge is 2.33. The summed E-state index contributed by atoms with van der Waals surface area (Å²) in [5, 5.41) is 0. The fourth-order valence-corrected chi connectivity index (χ4v) is 3.99. The van der Waals surface area contributed by atoms with E-state index in [4.69, 9.17) is 0 Å². The molecule has 23 heavy (non-hydrogen) atoms. The number of carbonyl (C=O) groups is 3. The van der Waals surface area contributed by atoms with Gasteiger partial charge in [-0.1, -0.05) is 0 Å². The topological polar surface area (TPSA) is 57.7 Å². The molecule has 1 aliphatic rings. The zero-order chi connectivity index (χ0) is 16.7. The first kappa shape index (κ1) is 15.9. The number of fused-ring (bicyclic) bond motifs is 1. The number of hydrogen-bond acceptors (Lipinski definition) is 4. The average Bonchev–Trinajstić information content (AvgIpc) is 3.04. The van der Waals surface area contributed by atoms with Gasteiger partial charge >= 0.3 is 0 Å². The smallest absolute Gasteiger partial charge is 0.261 e. The second-order valence-corrected chi connectivity index (χ2v) is 7.84. The van der Waals surface area contributed by atoms with Crippen molar-refractivity contribution in [1.82, 2.24) is 9.80 Å². The molecule has 1 aliphatic heterocycles. The van der Waals surface area contributed by atoms with Gasteiger partial charge in [0, 0.05) is 24.5 Å². The lowest BCUT2D eigenvalue weighted by Gasteiger charge is -2.16. The first-order valence-corrected chi connectivity index (χ1v) is 8.45. The lowest BCUT2D eigenvalue weighted by molar-refractivity contribution is 0.0692.